The second kappa shape index (κ2) is 9.34. The molecule has 0 radical (unpaired) electrons. The molecule has 0 aliphatic rings. The molecule has 1 atom stereocenters. The first kappa shape index (κ1) is 27.2. The molecule has 170 valence electrons. The molecule has 8 nitrogen and oxygen atoms in total. The molecule has 0 aliphatic carbocycles. The number of alkyl halides is 5. The van der Waals surface area contributed by atoms with Crippen LogP contribution in [0.1, 0.15) is 34.1 Å². The summed E-state index contributed by atoms with van der Waals surface area (Å²) >= 11 is 0. The first-order chi connectivity index (χ1) is 12.8. The van der Waals surface area contributed by atoms with Gasteiger partial charge in [-0.1, -0.05) is 6.58 Å². The Labute approximate surface area is 164 Å². The molecule has 0 rings (SSSR count). The third kappa shape index (κ3) is 6.34. The Morgan fingerprint density at radius 2 is 1.66 bits per heavy atom. The summed E-state index contributed by atoms with van der Waals surface area (Å²) in [4.78, 5) is 25.0. The van der Waals surface area contributed by atoms with Crippen molar-refractivity contribution in [2.24, 2.45) is 0 Å². The maximum Gasteiger partial charge on any atom is 0.466 e. The molecule has 0 saturated heterocycles. The molecular formula is C15H22F5NO7S. The molecule has 0 spiro atoms. The summed E-state index contributed by atoms with van der Waals surface area (Å²) in [6, 6.07) is -0.833. The lowest BCUT2D eigenvalue weighted by atomic mass is 10.1. The number of amides is 1. The molecule has 1 N–H and O–H groups in total. The number of nitrogens with zero attached hydrogens (tertiary/aromatic N) is 1. The third-order valence-corrected chi connectivity index (χ3v) is 4.50. The summed E-state index contributed by atoms with van der Waals surface area (Å²) in [5.41, 5.74) is -0.550. The molecular weight excluding hydrogens is 433 g/mol. The number of esters is 1. The van der Waals surface area contributed by atoms with E-state index in [9.17, 15) is 40.0 Å². The highest BCUT2D eigenvalue weighted by atomic mass is 32.2. The fraction of sp³-hybridized carbons (Fsp3) is 0.733. The minimum Gasteiger partial charge on any atom is -0.412 e. The average molecular weight is 455 g/mol. The fourth-order valence-electron chi connectivity index (χ4n) is 1.99. The van der Waals surface area contributed by atoms with Gasteiger partial charge in [0.25, 0.3) is 0 Å². The lowest BCUT2D eigenvalue weighted by Gasteiger charge is -2.38. The number of hydrogen-bond acceptors (Lipinski definition) is 6. The summed E-state index contributed by atoms with van der Waals surface area (Å²) in [6.07, 6.45) is -7.68. The fourth-order valence-corrected chi connectivity index (χ4v) is 2.33. The van der Waals surface area contributed by atoms with Crippen LogP contribution in [-0.4, -0.2) is 66.2 Å². The van der Waals surface area contributed by atoms with Crippen LogP contribution in [0.25, 0.3) is 0 Å². The monoisotopic (exact) mass is 455 g/mol. The van der Waals surface area contributed by atoms with E-state index in [-0.39, 0.29) is 6.54 Å². The first-order valence-corrected chi connectivity index (χ1v) is 9.53. The zero-order valence-electron chi connectivity index (χ0n) is 16.0. The van der Waals surface area contributed by atoms with Crippen molar-refractivity contribution in [2.75, 3.05) is 13.2 Å². The van der Waals surface area contributed by atoms with Gasteiger partial charge in [0, 0.05) is 18.2 Å². The highest BCUT2D eigenvalue weighted by Crippen LogP contribution is 2.38. The standard InChI is InChI=1S/C15H22F5NO7S/c1-6-21(10(4)5)12(23)14(15(18,19)20,28-11(22)9(2)3)27-8-7-13(16,17)29(24,25)26/h10H,2,6-8H2,1,3-5H3,(H,24,25,26). The van der Waals surface area contributed by atoms with Crippen molar-refractivity contribution >= 4 is 22.0 Å². The molecule has 0 heterocycles. The quantitative estimate of drug-likeness (QED) is 0.177. The predicted molar refractivity (Wildman–Crippen MR) is 89.3 cm³/mol. The van der Waals surface area contributed by atoms with E-state index in [0.29, 0.717) is 4.90 Å². The largest absolute Gasteiger partial charge is 0.466 e. The van der Waals surface area contributed by atoms with E-state index in [1.807, 2.05) is 0 Å². The Morgan fingerprint density at radius 3 is 1.97 bits per heavy atom. The Morgan fingerprint density at radius 1 is 1.17 bits per heavy atom. The summed E-state index contributed by atoms with van der Waals surface area (Å²) in [7, 11) is -5.96. The van der Waals surface area contributed by atoms with Gasteiger partial charge in [-0.2, -0.15) is 30.4 Å². The summed E-state index contributed by atoms with van der Waals surface area (Å²) in [5.74, 6) is -7.94. The van der Waals surface area contributed by atoms with Crippen LogP contribution >= 0.6 is 0 Å². The van der Waals surface area contributed by atoms with Crippen molar-refractivity contribution in [1.29, 1.82) is 0 Å². The Balaban J connectivity index is 6.22. The number of hydrogen-bond donors (Lipinski definition) is 1. The van der Waals surface area contributed by atoms with Crippen molar-refractivity contribution in [3.63, 3.8) is 0 Å². The van der Waals surface area contributed by atoms with Gasteiger partial charge in [0.2, 0.25) is 0 Å². The predicted octanol–water partition coefficient (Wildman–Crippen LogP) is 2.51. The number of likely N-dealkylation sites (N-methyl/N-ethyl adjacent to an activating group) is 1. The van der Waals surface area contributed by atoms with Gasteiger partial charge in [0.05, 0.1) is 13.0 Å². The van der Waals surface area contributed by atoms with Gasteiger partial charge in [0.1, 0.15) is 0 Å². The normalized spacial score (nSPS) is 15.0. The van der Waals surface area contributed by atoms with E-state index in [4.69, 9.17) is 4.55 Å². The molecule has 0 aliphatic heterocycles. The molecule has 1 amide bonds. The number of ether oxygens (including phenoxy) is 2. The van der Waals surface area contributed by atoms with Gasteiger partial charge in [-0.25, -0.2) is 4.79 Å². The zero-order valence-corrected chi connectivity index (χ0v) is 16.9. The second-order valence-electron chi connectivity index (χ2n) is 6.18. The van der Waals surface area contributed by atoms with E-state index in [1.165, 1.54) is 20.8 Å². The zero-order chi connectivity index (χ0) is 23.4. The highest BCUT2D eigenvalue weighted by molar-refractivity contribution is 7.86. The third-order valence-electron chi connectivity index (χ3n) is 3.54. The van der Waals surface area contributed by atoms with Crippen LogP contribution in [0.15, 0.2) is 12.2 Å². The maximum atomic E-state index is 13.8. The van der Waals surface area contributed by atoms with Crippen LogP contribution < -0.4 is 0 Å². The van der Waals surface area contributed by atoms with Gasteiger partial charge in [-0.3, -0.25) is 9.35 Å². The molecule has 0 aromatic heterocycles. The van der Waals surface area contributed by atoms with E-state index in [0.717, 1.165) is 6.92 Å². The topological polar surface area (TPSA) is 110 Å². The lowest BCUT2D eigenvalue weighted by Crippen LogP contribution is -2.63. The average Bonchev–Trinajstić information content (AvgIpc) is 2.51. The van der Waals surface area contributed by atoms with Crippen molar-refractivity contribution in [1.82, 2.24) is 4.90 Å². The van der Waals surface area contributed by atoms with Gasteiger partial charge in [-0.05, 0) is 27.7 Å². The molecule has 0 bridgehead atoms. The van der Waals surface area contributed by atoms with Gasteiger partial charge < -0.3 is 14.4 Å². The number of carbonyl (C=O) groups is 2. The SMILES string of the molecule is C=C(C)C(=O)OC(OCCC(F)(F)S(=O)(=O)O)(C(=O)N(CC)C(C)C)C(F)(F)F. The Bertz CT molecular complexity index is 736. The van der Waals surface area contributed by atoms with Crippen molar-refractivity contribution in [3.05, 3.63) is 12.2 Å². The maximum absolute atomic E-state index is 13.8. The van der Waals surface area contributed by atoms with E-state index in [2.05, 4.69) is 16.1 Å². The van der Waals surface area contributed by atoms with Gasteiger partial charge >= 0.3 is 39.2 Å². The van der Waals surface area contributed by atoms with E-state index < -0.39 is 63.9 Å². The lowest BCUT2D eigenvalue weighted by molar-refractivity contribution is -0.351. The summed E-state index contributed by atoms with van der Waals surface area (Å²) < 4.78 is 106. The second-order valence-corrected chi connectivity index (χ2v) is 7.73. The van der Waals surface area contributed by atoms with Crippen LogP contribution in [0, 0.1) is 0 Å². The number of rotatable bonds is 10. The molecule has 0 aromatic carbocycles. The van der Waals surface area contributed by atoms with E-state index >= 15 is 0 Å². The summed E-state index contributed by atoms with van der Waals surface area (Å²) in [5, 5.41) is -4.87. The molecule has 14 heteroatoms. The minimum atomic E-state index is -5.96. The number of carbonyl (C=O) groups excluding carboxylic acids is 2. The first-order valence-electron chi connectivity index (χ1n) is 8.09. The van der Waals surface area contributed by atoms with Crippen molar-refractivity contribution in [3.8, 4) is 0 Å². The van der Waals surface area contributed by atoms with Crippen LogP contribution in [-0.2, 0) is 29.2 Å². The van der Waals surface area contributed by atoms with E-state index in [1.54, 1.807) is 0 Å². The molecule has 0 saturated carbocycles. The molecule has 1 unspecified atom stereocenters. The van der Waals surface area contributed by atoms with Crippen molar-refractivity contribution < 1.29 is 54.0 Å². The Hall–Kier alpha value is -1.80. The molecule has 0 aromatic rings. The van der Waals surface area contributed by atoms with Crippen LogP contribution in [0.2, 0.25) is 0 Å². The van der Waals surface area contributed by atoms with Crippen LogP contribution in [0.4, 0.5) is 22.0 Å². The molecule has 29 heavy (non-hydrogen) atoms. The minimum absolute atomic E-state index is 0.288. The van der Waals surface area contributed by atoms with Crippen molar-refractivity contribution in [2.45, 2.75) is 57.4 Å². The number of halogens is 5. The smallest absolute Gasteiger partial charge is 0.412 e. The highest BCUT2D eigenvalue weighted by Gasteiger charge is 2.67. The van der Waals surface area contributed by atoms with Gasteiger partial charge in [0.15, 0.2) is 0 Å². The van der Waals surface area contributed by atoms with Crippen LogP contribution in [0.3, 0.4) is 0 Å². The Kier molecular flexibility index (Phi) is 8.76. The molecule has 0 fully saturated rings. The summed E-state index contributed by atoms with van der Waals surface area (Å²) in [6.45, 7) is 6.05. The van der Waals surface area contributed by atoms with Crippen LogP contribution in [0.5, 0.6) is 0 Å². The van der Waals surface area contributed by atoms with Gasteiger partial charge in [-0.15, -0.1) is 0 Å².